The molecular weight excluding hydrogens is 289 g/mol. The number of amidine groups is 1. The zero-order valence-corrected chi connectivity index (χ0v) is 10.7. The Labute approximate surface area is 106 Å². The zero-order valence-electron chi connectivity index (χ0n) is 9.15. The monoisotopic (exact) mass is 299 g/mol. The van der Waals surface area contributed by atoms with Crippen LogP contribution in [-0.2, 0) is 10.3 Å². The third kappa shape index (κ3) is 1.62. The number of pyridine rings is 1. The first kappa shape index (κ1) is 11.0. The minimum atomic E-state index is -0.673. The fourth-order valence-electron chi connectivity index (χ4n) is 2.42. The molecule has 0 unspecified atom stereocenters. The first-order valence-electron chi connectivity index (χ1n) is 5.34. The summed E-state index contributed by atoms with van der Waals surface area (Å²) in [5.41, 5.74) is 5.42. The van der Waals surface area contributed by atoms with Gasteiger partial charge in [-0.25, -0.2) is 9.98 Å². The lowest BCUT2D eigenvalue weighted by atomic mass is 9.88. The molecule has 0 aromatic carbocycles. The molecule has 90 valence electrons. The molecule has 3 rings (SSSR count). The summed E-state index contributed by atoms with van der Waals surface area (Å²) in [6, 6.07) is 1.84. The van der Waals surface area contributed by atoms with Crippen LogP contribution < -0.4 is 5.73 Å². The van der Waals surface area contributed by atoms with Crippen molar-refractivity contribution in [3.63, 3.8) is 0 Å². The van der Waals surface area contributed by atoms with Crippen molar-refractivity contribution in [2.45, 2.75) is 25.0 Å². The van der Waals surface area contributed by atoms with Gasteiger partial charge in [0.05, 0.1) is 5.54 Å². The van der Waals surface area contributed by atoms with Crippen molar-refractivity contribution in [3.05, 3.63) is 28.2 Å². The Morgan fingerprint density at radius 1 is 1.65 bits per heavy atom. The second-order valence-corrected chi connectivity index (χ2v) is 5.50. The van der Waals surface area contributed by atoms with Crippen LogP contribution in [0.25, 0.3) is 0 Å². The van der Waals surface area contributed by atoms with E-state index in [2.05, 4.69) is 25.9 Å². The van der Waals surface area contributed by atoms with E-state index in [0.717, 1.165) is 10.9 Å². The van der Waals surface area contributed by atoms with Crippen molar-refractivity contribution >= 4 is 22.0 Å². The highest BCUT2D eigenvalue weighted by molar-refractivity contribution is 9.10. The van der Waals surface area contributed by atoms with E-state index in [1.165, 1.54) is 6.20 Å². The normalized spacial score (nSPS) is 34.6. The molecule has 0 amide bonds. The van der Waals surface area contributed by atoms with Crippen molar-refractivity contribution in [2.24, 2.45) is 16.6 Å². The molecule has 0 bridgehead atoms. The molecule has 1 saturated carbocycles. The molecule has 1 aliphatic carbocycles. The molecule has 0 saturated heterocycles. The van der Waals surface area contributed by atoms with Crippen LogP contribution in [0.1, 0.15) is 18.9 Å². The molecule has 1 fully saturated rings. The highest BCUT2D eigenvalue weighted by Crippen LogP contribution is 2.53. The van der Waals surface area contributed by atoms with Gasteiger partial charge in [0.2, 0.25) is 5.95 Å². The van der Waals surface area contributed by atoms with Gasteiger partial charge in [-0.1, -0.05) is 0 Å². The van der Waals surface area contributed by atoms with Crippen LogP contribution in [0.4, 0.5) is 4.39 Å². The average molecular weight is 300 g/mol. The minimum absolute atomic E-state index is 0.0656. The Morgan fingerprint density at radius 3 is 3.18 bits per heavy atom. The Kier molecular flexibility index (Phi) is 2.20. The lowest BCUT2D eigenvalue weighted by Gasteiger charge is -2.29. The summed E-state index contributed by atoms with van der Waals surface area (Å²) >= 11 is 3.30. The summed E-state index contributed by atoms with van der Waals surface area (Å²) in [5, 5.41) is 0. The van der Waals surface area contributed by atoms with E-state index in [9.17, 15) is 4.39 Å². The Balaban J connectivity index is 2.13. The summed E-state index contributed by atoms with van der Waals surface area (Å²) in [6.45, 7) is 1.87. The number of ether oxygens (including phenoxy) is 1. The van der Waals surface area contributed by atoms with E-state index in [1.807, 2.05) is 6.92 Å². The molecule has 2 heterocycles. The van der Waals surface area contributed by atoms with Gasteiger partial charge in [-0.15, -0.1) is 0 Å². The summed E-state index contributed by atoms with van der Waals surface area (Å²) < 4.78 is 19.9. The van der Waals surface area contributed by atoms with Gasteiger partial charge in [0.15, 0.2) is 0 Å². The predicted octanol–water partition coefficient (Wildman–Crippen LogP) is 1.93. The Hall–Kier alpha value is -1.17. The van der Waals surface area contributed by atoms with Crippen molar-refractivity contribution < 1.29 is 9.13 Å². The summed E-state index contributed by atoms with van der Waals surface area (Å²) in [4.78, 5) is 7.99. The first-order valence-corrected chi connectivity index (χ1v) is 6.13. The van der Waals surface area contributed by atoms with Crippen molar-refractivity contribution in [2.75, 3.05) is 0 Å². The zero-order chi connectivity index (χ0) is 12.2. The number of halogens is 2. The molecular formula is C11H11BrFN3O. The van der Waals surface area contributed by atoms with Gasteiger partial charge < -0.3 is 10.5 Å². The maximum Gasteiger partial charge on any atom is 0.283 e. The molecule has 3 atom stereocenters. The number of hydrogen-bond donors (Lipinski definition) is 1. The lowest BCUT2D eigenvalue weighted by Crippen LogP contribution is -2.35. The van der Waals surface area contributed by atoms with Crippen LogP contribution in [0.2, 0.25) is 0 Å². The van der Waals surface area contributed by atoms with Gasteiger partial charge >= 0.3 is 0 Å². The number of aromatic nitrogens is 1. The third-order valence-corrected chi connectivity index (χ3v) is 3.85. The molecule has 2 aliphatic rings. The number of rotatable bonds is 1. The SMILES string of the molecule is C[C@]1(c2cc(Br)cnc2F)N=C(N)O[C@@H]2C[C@@H]21. The van der Waals surface area contributed by atoms with Crippen LogP contribution >= 0.6 is 15.9 Å². The van der Waals surface area contributed by atoms with Gasteiger partial charge in [-0.3, -0.25) is 0 Å². The standard InChI is InChI=1S/C11H11BrFN3O/c1-11(6-3-8(6)17-10(14)16-11)7-2-5(12)4-15-9(7)13/h2,4,6,8H,3H2,1H3,(H2,14,16)/t6-,8+,11-/m0/s1. The summed E-state index contributed by atoms with van der Waals surface area (Å²) in [5.74, 6) is -0.319. The van der Waals surface area contributed by atoms with Gasteiger partial charge in [0.1, 0.15) is 6.10 Å². The molecule has 4 nitrogen and oxygen atoms in total. The van der Waals surface area contributed by atoms with Crippen molar-refractivity contribution in [1.82, 2.24) is 4.98 Å². The van der Waals surface area contributed by atoms with E-state index in [4.69, 9.17) is 10.5 Å². The quantitative estimate of drug-likeness (QED) is 0.806. The smallest absolute Gasteiger partial charge is 0.283 e. The van der Waals surface area contributed by atoms with Crippen LogP contribution in [0, 0.1) is 11.9 Å². The van der Waals surface area contributed by atoms with E-state index >= 15 is 0 Å². The van der Waals surface area contributed by atoms with Crippen LogP contribution in [0.15, 0.2) is 21.7 Å². The molecule has 0 spiro atoms. The van der Waals surface area contributed by atoms with E-state index in [0.29, 0.717) is 5.56 Å². The Bertz CT molecular complexity index is 521. The van der Waals surface area contributed by atoms with Gasteiger partial charge in [-0.2, -0.15) is 4.39 Å². The highest BCUT2D eigenvalue weighted by Gasteiger charge is 2.57. The van der Waals surface area contributed by atoms with Crippen molar-refractivity contribution in [3.8, 4) is 0 Å². The van der Waals surface area contributed by atoms with Gasteiger partial charge in [0, 0.05) is 22.2 Å². The maximum absolute atomic E-state index is 13.8. The number of aliphatic imine (C=N–C) groups is 1. The number of fused-ring (bicyclic) bond motifs is 1. The molecule has 1 aromatic rings. The Morgan fingerprint density at radius 2 is 2.41 bits per heavy atom. The fourth-order valence-corrected chi connectivity index (χ4v) is 2.76. The summed E-state index contributed by atoms with van der Waals surface area (Å²) in [6.07, 6.45) is 2.35. The van der Waals surface area contributed by atoms with Gasteiger partial charge in [0.25, 0.3) is 6.02 Å². The van der Waals surface area contributed by atoms with Gasteiger partial charge in [-0.05, 0) is 35.3 Å². The second kappa shape index (κ2) is 3.41. The van der Waals surface area contributed by atoms with E-state index < -0.39 is 11.5 Å². The number of nitrogens with zero attached hydrogens (tertiary/aromatic N) is 2. The third-order valence-electron chi connectivity index (χ3n) is 3.42. The van der Waals surface area contributed by atoms with Crippen LogP contribution in [0.5, 0.6) is 0 Å². The molecule has 0 radical (unpaired) electrons. The van der Waals surface area contributed by atoms with E-state index in [-0.39, 0.29) is 18.0 Å². The van der Waals surface area contributed by atoms with Crippen LogP contribution in [-0.4, -0.2) is 17.1 Å². The second-order valence-electron chi connectivity index (χ2n) is 4.59. The minimum Gasteiger partial charge on any atom is -0.462 e. The van der Waals surface area contributed by atoms with Crippen LogP contribution in [0.3, 0.4) is 0 Å². The highest BCUT2D eigenvalue weighted by atomic mass is 79.9. The maximum atomic E-state index is 13.8. The fraction of sp³-hybridized carbons (Fsp3) is 0.455. The first-order chi connectivity index (χ1) is 8.00. The molecule has 1 aliphatic heterocycles. The molecule has 17 heavy (non-hydrogen) atoms. The molecule has 1 aromatic heterocycles. The summed E-state index contributed by atoms with van der Waals surface area (Å²) in [7, 11) is 0. The van der Waals surface area contributed by atoms with Crippen molar-refractivity contribution in [1.29, 1.82) is 0 Å². The molecule has 6 heteroatoms. The average Bonchev–Trinajstić information content (AvgIpc) is 3.01. The van der Waals surface area contributed by atoms with E-state index in [1.54, 1.807) is 6.07 Å². The number of hydrogen-bond acceptors (Lipinski definition) is 4. The number of nitrogens with two attached hydrogens (primary N) is 1. The molecule has 2 N–H and O–H groups in total. The largest absolute Gasteiger partial charge is 0.462 e. The lowest BCUT2D eigenvalue weighted by molar-refractivity contribution is 0.201. The topological polar surface area (TPSA) is 60.5 Å². The predicted molar refractivity (Wildman–Crippen MR) is 63.8 cm³/mol.